The van der Waals surface area contributed by atoms with Gasteiger partial charge < -0.3 is 9.84 Å². The molecule has 2 heterocycles. The van der Waals surface area contributed by atoms with E-state index in [4.69, 9.17) is 4.74 Å². The summed E-state index contributed by atoms with van der Waals surface area (Å²) in [5.74, 6) is -0.777. The number of thiophene rings is 1. The first-order valence-electron chi connectivity index (χ1n) is 10.7. The van der Waals surface area contributed by atoms with Crippen molar-refractivity contribution in [2.45, 2.75) is 31.7 Å². The molecule has 1 aliphatic carbocycles. The summed E-state index contributed by atoms with van der Waals surface area (Å²) < 4.78 is 5.22. The number of benzene rings is 2. The molecule has 5 nitrogen and oxygen atoms in total. The van der Waals surface area contributed by atoms with Crippen molar-refractivity contribution >= 4 is 34.5 Å². The third-order valence-corrected chi connectivity index (χ3v) is 7.15. The largest absolute Gasteiger partial charge is 0.507 e. The van der Waals surface area contributed by atoms with Gasteiger partial charge in [-0.25, -0.2) is 0 Å². The second kappa shape index (κ2) is 8.28. The molecule has 2 aliphatic rings. The second-order valence-electron chi connectivity index (χ2n) is 8.07. The molecule has 0 radical (unpaired) electrons. The molecule has 1 atom stereocenters. The highest BCUT2D eigenvalue weighted by atomic mass is 32.1. The number of Topliss-reactive ketones (excluding diaryl/α,β-unsaturated/α-hetero) is 1. The molecule has 6 heteroatoms. The van der Waals surface area contributed by atoms with Crippen LogP contribution in [0.2, 0.25) is 0 Å². The van der Waals surface area contributed by atoms with Crippen molar-refractivity contribution in [2.24, 2.45) is 0 Å². The van der Waals surface area contributed by atoms with Gasteiger partial charge in [-0.15, -0.1) is 11.3 Å². The summed E-state index contributed by atoms with van der Waals surface area (Å²) in [5.41, 5.74) is 3.79. The zero-order valence-corrected chi connectivity index (χ0v) is 18.5. The first-order chi connectivity index (χ1) is 15.6. The summed E-state index contributed by atoms with van der Waals surface area (Å²) in [5, 5.41) is 13.2. The van der Waals surface area contributed by atoms with Crippen molar-refractivity contribution in [1.29, 1.82) is 0 Å². The Labute approximate surface area is 190 Å². The van der Waals surface area contributed by atoms with Crippen LogP contribution in [-0.4, -0.2) is 23.9 Å². The SMILES string of the molecule is COc1ccc(N2C(=O)C(=O)/C(=C(\O)c3ccc4c(c3)CCCC4)C2c2cccs2)cc1. The van der Waals surface area contributed by atoms with Gasteiger partial charge in [0.1, 0.15) is 17.6 Å². The van der Waals surface area contributed by atoms with E-state index in [2.05, 4.69) is 0 Å². The van der Waals surface area contributed by atoms with Crippen LogP contribution < -0.4 is 9.64 Å². The number of rotatable bonds is 4. The van der Waals surface area contributed by atoms with Gasteiger partial charge in [-0.1, -0.05) is 18.2 Å². The molecule has 162 valence electrons. The number of aliphatic hydroxyl groups is 1. The number of anilines is 1. The van der Waals surface area contributed by atoms with E-state index in [1.54, 1.807) is 31.4 Å². The number of nitrogens with zero attached hydrogens (tertiary/aromatic N) is 1. The molecular formula is C26H23NO4S. The van der Waals surface area contributed by atoms with Crippen molar-refractivity contribution in [3.8, 4) is 5.75 Å². The molecule has 2 aromatic carbocycles. The molecule has 1 aromatic heterocycles. The normalized spacial score (nSPS) is 19.8. The molecule has 1 amide bonds. The fourth-order valence-corrected chi connectivity index (χ4v) is 5.42. The number of aryl methyl sites for hydroxylation is 2. The Kier molecular flexibility index (Phi) is 5.31. The standard InChI is InChI=1S/C26H23NO4S/c1-31-20-12-10-19(11-13-20)27-23(21-7-4-14-32-21)22(25(29)26(27)30)24(28)18-9-8-16-5-2-3-6-17(16)15-18/h4,7-15,23,28H,2-3,5-6H2,1H3/b24-22-. The molecule has 1 fully saturated rings. The monoisotopic (exact) mass is 445 g/mol. The molecule has 5 rings (SSSR count). The van der Waals surface area contributed by atoms with Crippen LogP contribution in [0.5, 0.6) is 5.75 Å². The Morgan fingerprint density at radius 1 is 1.03 bits per heavy atom. The molecule has 1 unspecified atom stereocenters. The number of methoxy groups -OCH3 is 1. The van der Waals surface area contributed by atoms with Gasteiger partial charge in [0.25, 0.3) is 11.7 Å². The Bertz CT molecular complexity index is 1210. The molecule has 1 N–H and O–H groups in total. The van der Waals surface area contributed by atoms with Gasteiger partial charge in [0.05, 0.1) is 12.7 Å². The summed E-state index contributed by atoms with van der Waals surface area (Å²) in [6.07, 6.45) is 4.29. The summed E-state index contributed by atoms with van der Waals surface area (Å²) in [7, 11) is 1.57. The quantitative estimate of drug-likeness (QED) is 0.338. The Morgan fingerprint density at radius 2 is 1.78 bits per heavy atom. The minimum Gasteiger partial charge on any atom is -0.507 e. The number of fused-ring (bicyclic) bond motifs is 1. The lowest BCUT2D eigenvalue weighted by molar-refractivity contribution is -0.132. The van der Waals surface area contributed by atoms with Gasteiger partial charge in [0.2, 0.25) is 0 Å². The number of ketones is 1. The predicted molar refractivity (Wildman–Crippen MR) is 125 cm³/mol. The van der Waals surface area contributed by atoms with Crippen LogP contribution >= 0.6 is 11.3 Å². The topological polar surface area (TPSA) is 66.8 Å². The predicted octanol–water partition coefficient (Wildman–Crippen LogP) is 5.26. The van der Waals surface area contributed by atoms with Crippen molar-refractivity contribution in [2.75, 3.05) is 12.0 Å². The molecule has 3 aromatic rings. The fraction of sp³-hybridized carbons (Fsp3) is 0.231. The third kappa shape index (κ3) is 3.41. The van der Waals surface area contributed by atoms with Gasteiger partial charge in [-0.3, -0.25) is 14.5 Å². The summed E-state index contributed by atoms with van der Waals surface area (Å²) in [6, 6.07) is 16.0. The van der Waals surface area contributed by atoms with Gasteiger partial charge >= 0.3 is 0 Å². The van der Waals surface area contributed by atoms with E-state index in [1.165, 1.54) is 33.8 Å². The van der Waals surface area contributed by atoms with E-state index in [9.17, 15) is 14.7 Å². The maximum atomic E-state index is 13.2. The average Bonchev–Trinajstić information content (AvgIpc) is 3.45. The van der Waals surface area contributed by atoms with E-state index in [1.807, 2.05) is 35.7 Å². The van der Waals surface area contributed by atoms with Crippen LogP contribution in [-0.2, 0) is 22.4 Å². The molecule has 32 heavy (non-hydrogen) atoms. The minimum absolute atomic E-state index is 0.119. The fourth-order valence-electron chi connectivity index (χ4n) is 4.59. The van der Waals surface area contributed by atoms with E-state index in [0.29, 0.717) is 17.0 Å². The Hall–Kier alpha value is -3.38. The lowest BCUT2D eigenvalue weighted by Gasteiger charge is -2.24. The van der Waals surface area contributed by atoms with Crippen LogP contribution in [0, 0.1) is 0 Å². The van der Waals surface area contributed by atoms with Gasteiger partial charge in [-0.05, 0) is 78.6 Å². The van der Waals surface area contributed by atoms with E-state index >= 15 is 0 Å². The molecule has 0 spiro atoms. The van der Waals surface area contributed by atoms with Crippen molar-refractivity contribution in [1.82, 2.24) is 0 Å². The minimum atomic E-state index is -0.681. The first-order valence-corrected chi connectivity index (χ1v) is 11.6. The average molecular weight is 446 g/mol. The number of amides is 1. The smallest absolute Gasteiger partial charge is 0.300 e. The second-order valence-corrected chi connectivity index (χ2v) is 9.05. The van der Waals surface area contributed by atoms with E-state index in [0.717, 1.165) is 24.1 Å². The van der Waals surface area contributed by atoms with Gasteiger partial charge in [0.15, 0.2) is 0 Å². The lowest BCUT2D eigenvalue weighted by atomic mass is 9.89. The number of hydrogen-bond donors (Lipinski definition) is 1. The third-order valence-electron chi connectivity index (χ3n) is 6.23. The Morgan fingerprint density at radius 3 is 2.47 bits per heavy atom. The first kappa shape index (κ1) is 20.5. The Balaban J connectivity index is 1.65. The molecule has 0 saturated carbocycles. The highest BCUT2D eigenvalue weighted by Crippen LogP contribution is 2.44. The highest BCUT2D eigenvalue weighted by molar-refractivity contribution is 7.10. The summed E-state index contributed by atoms with van der Waals surface area (Å²) in [6.45, 7) is 0. The van der Waals surface area contributed by atoms with Crippen LogP contribution in [0.15, 0.2) is 65.6 Å². The van der Waals surface area contributed by atoms with Crippen molar-refractivity contribution in [3.05, 3.63) is 87.1 Å². The van der Waals surface area contributed by atoms with Crippen LogP contribution in [0.1, 0.15) is 40.5 Å². The van der Waals surface area contributed by atoms with Gasteiger partial charge in [-0.2, -0.15) is 0 Å². The van der Waals surface area contributed by atoms with Crippen LogP contribution in [0.3, 0.4) is 0 Å². The van der Waals surface area contributed by atoms with E-state index < -0.39 is 17.7 Å². The molecule has 0 bridgehead atoms. The summed E-state index contributed by atoms with van der Waals surface area (Å²) >= 11 is 1.45. The molecule has 1 aliphatic heterocycles. The maximum Gasteiger partial charge on any atom is 0.300 e. The van der Waals surface area contributed by atoms with Crippen molar-refractivity contribution < 1.29 is 19.4 Å². The highest BCUT2D eigenvalue weighted by Gasteiger charge is 2.47. The number of aliphatic hydroxyl groups excluding tert-OH is 1. The zero-order valence-electron chi connectivity index (χ0n) is 17.7. The number of carbonyl (C=O) groups is 2. The summed E-state index contributed by atoms with van der Waals surface area (Å²) in [4.78, 5) is 28.6. The lowest BCUT2D eigenvalue weighted by Crippen LogP contribution is -2.29. The number of carbonyl (C=O) groups excluding carboxylic acids is 2. The van der Waals surface area contributed by atoms with E-state index in [-0.39, 0.29) is 11.3 Å². The molecule has 1 saturated heterocycles. The number of ether oxygens (including phenoxy) is 1. The zero-order chi connectivity index (χ0) is 22.2. The van der Waals surface area contributed by atoms with Crippen LogP contribution in [0.25, 0.3) is 5.76 Å². The number of hydrogen-bond acceptors (Lipinski definition) is 5. The van der Waals surface area contributed by atoms with Gasteiger partial charge in [0, 0.05) is 16.1 Å². The maximum absolute atomic E-state index is 13.2. The van der Waals surface area contributed by atoms with Crippen LogP contribution in [0.4, 0.5) is 5.69 Å². The van der Waals surface area contributed by atoms with Crippen molar-refractivity contribution in [3.63, 3.8) is 0 Å². The molecular weight excluding hydrogens is 422 g/mol.